The fourth-order valence-corrected chi connectivity index (χ4v) is 3.00. The van der Waals surface area contributed by atoms with Crippen molar-refractivity contribution in [1.82, 2.24) is 4.90 Å². The van der Waals surface area contributed by atoms with Crippen LogP contribution in [0.25, 0.3) is 0 Å². The Kier molecular flexibility index (Phi) is 5.21. The summed E-state index contributed by atoms with van der Waals surface area (Å²) in [5.41, 5.74) is 2.77. The Labute approximate surface area is 137 Å². The van der Waals surface area contributed by atoms with Gasteiger partial charge in [-0.3, -0.25) is 9.69 Å². The van der Waals surface area contributed by atoms with E-state index in [0.29, 0.717) is 5.92 Å². The van der Waals surface area contributed by atoms with Crippen molar-refractivity contribution in [3.8, 4) is 0 Å². The van der Waals surface area contributed by atoms with Crippen LogP contribution in [0, 0.1) is 0 Å². The maximum atomic E-state index is 12.4. The van der Waals surface area contributed by atoms with E-state index in [1.165, 1.54) is 5.56 Å². The lowest BCUT2D eigenvalue weighted by atomic mass is 9.96. The Morgan fingerprint density at radius 1 is 1.00 bits per heavy atom. The SMILES string of the molecule is CC(CN1CCOCC1)c1ccc(C(=O)c2ccccc2)cc1. The summed E-state index contributed by atoms with van der Waals surface area (Å²) in [5, 5.41) is 0. The molecule has 0 amide bonds. The molecule has 0 bridgehead atoms. The normalized spacial score (nSPS) is 16.9. The zero-order valence-corrected chi connectivity index (χ0v) is 13.6. The molecule has 2 aromatic rings. The standard InChI is InChI=1S/C20H23NO2/c1-16(15-21-11-13-23-14-12-21)17-7-9-19(10-8-17)20(22)18-5-3-2-4-6-18/h2-10,16H,11-15H2,1H3. The van der Waals surface area contributed by atoms with E-state index in [0.717, 1.165) is 44.0 Å². The van der Waals surface area contributed by atoms with Crippen molar-refractivity contribution < 1.29 is 9.53 Å². The summed E-state index contributed by atoms with van der Waals surface area (Å²) in [6.07, 6.45) is 0. The second-order valence-electron chi connectivity index (χ2n) is 6.13. The number of rotatable bonds is 5. The highest BCUT2D eigenvalue weighted by atomic mass is 16.5. The molecule has 0 aliphatic carbocycles. The topological polar surface area (TPSA) is 29.5 Å². The number of ether oxygens (including phenoxy) is 1. The third-order valence-electron chi connectivity index (χ3n) is 4.41. The first-order valence-corrected chi connectivity index (χ1v) is 8.24. The van der Waals surface area contributed by atoms with Crippen LogP contribution in [0.4, 0.5) is 0 Å². The molecule has 0 spiro atoms. The van der Waals surface area contributed by atoms with Gasteiger partial charge in [-0.05, 0) is 11.5 Å². The molecule has 0 N–H and O–H groups in total. The highest BCUT2D eigenvalue weighted by molar-refractivity contribution is 6.08. The molecule has 3 heteroatoms. The molecule has 1 atom stereocenters. The van der Waals surface area contributed by atoms with E-state index >= 15 is 0 Å². The molecule has 1 unspecified atom stereocenters. The van der Waals surface area contributed by atoms with Gasteiger partial charge in [-0.2, -0.15) is 0 Å². The predicted octanol–water partition coefficient (Wildman–Crippen LogP) is 3.35. The van der Waals surface area contributed by atoms with Crippen LogP contribution in [0.1, 0.15) is 34.3 Å². The first-order valence-electron chi connectivity index (χ1n) is 8.24. The Bertz CT molecular complexity index is 630. The lowest BCUT2D eigenvalue weighted by Gasteiger charge is -2.29. The fourth-order valence-electron chi connectivity index (χ4n) is 3.00. The maximum absolute atomic E-state index is 12.4. The predicted molar refractivity (Wildman–Crippen MR) is 92.0 cm³/mol. The van der Waals surface area contributed by atoms with Crippen molar-refractivity contribution >= 4 is 5.78 Å². The van der Waals surface area contributed by atoms with E-state index in [-0.39, 0.29) is 5.78 Å². The molecule has 1 saturated heterocycles. The van der Waals surface area contributed by atoms with Gasteiger partial charge in [0.1, 0.15) is 0 Å². The van der Waals surface area contributed by atoms with Gasteiger partial charge in [0.25, 0.3) is 0 Å². The fraction of sp³-hybridized carbons (Fsp3) is 0.350. The molecular weight excluding hydrogens is 286 g/mol. The lowest BCUT2D eigenvalue weighted by molar-refractivity contribution is 0.0357. The first kappa shape index (κ1) is 15.9. The number of nitrogens with zero attached hydrogens (tertiary/aromatic N) is 1. The zero-order chi connectivity index (χ0) is 16.1. The number of ketones is 1. The smallest absolute Gasteiger partial charge is 0.193 e. The molecule has 1 aliphatic heterocycles. The number of hydrogen-bond donors (Lipinski definition) is 0. The minimum atomic E-state index is 0.0815. The summed E-state index contributed by atoms with van der Waals surface area (Å²) in [5.74, 6) is 0.534. The molecule has 0 saturated carbocycles. The summed E-state index contributed by atoms with van der Waals surface area (Å²) in [7, 11) is 0. The van der Waals surface area contributed by atoms with Crippen LogP contribution < -0.4 is 0 Å². The highest BCUT2D eigenvalue weighted by Gasteiger charge is 2.15. The summed E-state index contributed by atoms with van der Waals surface area (Å²) < 4.78 is 5.39. The molecule has 1 fully saturated rings. The van der Waals surface area contributed by atoms with Crippen LogP contribution in [-0.2, 0) is 4.74 Å². The molecule has 120 valence electrons. The minimum Gasteiger partial charge on any atom is -0.379 e. The number of benzene rings is 2. The average Bonchev–Trinajstić information content (AvgIpc) is 2.63. The van der Waals surface area contributed by atoms with Crippen molar-refractivity contribution in [2.45, 2.75) is 12.8 Å². The van der Waals surface area contributed by atoms with E-state index in [4.69, 9.17) is 4.74 Å². The third-order valence-corrected chi connectivity index (χ3v) is 4.41. The molecule has 23 heavy (non-hydrogen) atoms. The average molecular weight is 309 g/mol. The summed E-state index contributed by atoms with van der Waals surface area (Å²) in [4.78, 5) is 14.9. The minimum absolute atomic E-state index is 0.0815. The number of carbonyl (C=O) groups is 1. The van der Waals surface area contributed by atoms with E-state index in [1.54, 1.807) is 0 Å². The van der Waals surface area contributed by atoms with Gasteiger partial charge >= 0.3 is 0 Å². The third kappa shape index (κ3) is 4.06. The second-order valence-corrected chi connectivity index (χ2v) is 6.13. The molecule has 2 aromatic carbocycles. The van der Waals surface area contributed by atoms with E-state index < -0.39 is 0 Å². The van der Waals surface area contributed by atoms with Crippen LogP contribution in [0.5, 0.6) is 0 Å². The van der Waals surface area contributed by atoms with Gasteiger partial charge in [0.2, 0.25) is 0 Å². The van der Waals surface area contributed by atoms with Gasteiger partial charge in [-0.25, -0.2) is 0 Å². The van der Waals surface area contributed by atoms with Crippen LogP contribution in [0.2, 0.25) is 0 Å². The molecule has 3 nitrogen and oxygen atoms in total. The van der Waals surface area contributed by atoms with Crippen LogP contribution in [0.3, 0.4) is 0 Å². The van der Waals surface area contributed by atoms with Crippen molar-refractivity contribution in [3.63, 3.8) is 0 Å². The molecule has 1 aliphatic rings. The van der Waals surface area contributed by atoms with E-state index in [9.17, 15) is 4.79 Å². The zero-order valence-electron chi connectivity index (χ0n) is 13.6. The van der Waals surface area contributed by atoms with Gasteiger partial charge in [-0.1, -0.05) is 61.5 Å². The van der Waals surface area contributed by atoms with Gasteiger partial charge in [0.05, 0.1) is 13.2 Å². The monoisotopic (exact) mass is 309 g/mol. The molecular formula is C20H23NO2. The van der Waals surface area contributed by atoms with Gasteiger partial charge in [0, 0.05) is 30.8 Å². The van der Waals surface area contributed by atoms with Crippen LogP contribution in [-0.4, -0.2) is 43.5 Å². The first-order chi connectivity index (χ1) is 11.2. The number of hydrogen-bond acceptors (Lipinski definition) is 3. The van der Waals surface area contributed by atoms with Gasteiger partial charge < -0.3 is 4.74 Å². The van der Waals surface area contributed by atoms with E-state index in [2.05, 4.69) is 24.0 Å². The highest BCUT2D eigenvalue weighted by Crippen LogP contribution is 2.19. The van der Waals surface area contributed by atoms with Crippen molar-refractivity contribution in [3.05, 3.63) is 71.3 Å². The van der Waals surface area contributed by atoms with Crippen molar-refractivity contribution in [2.24, 2.45) is 0 Å². The van der Waals surface area contributed by atoms with Gasteiger partial charge in [-0.15, -0.1) is 0 Å². The summed E-state index contributed by atoms with van der Waals surface area (Å²) in [6.45, 7) is 6.96. The Morgan fingerprint density at radius 3 is 2.26 bits per heavy atom. The van der Waals surface area contributed by atoms with E-state index in [1.807, 2.05) is 42.5 Å². The molecule has 0 radical (unpaired) electrons. The largest absolute Gasteiger partial charge is 0.379 e. The maximum Gasteiger partial charge on any atom is 0.193 e. The Balaban J connectivity index is 1.65. The lowest BCUT2D eigenvalue weighted by Crippen LogP contribution is -2.38. The Hall–Kier alpha value is -1.97. The quantitative estimate of drug-likeness (QED) is 0.793. The van der Waals surface area contributed by atoms with Crippen LogP contribution in [0.15, 0.2) is 54.6 Å². The number of carbonyl (C=O) groups excluding carboxylic acids is 1. The van der Waals surface area contributed by atoms with Crippen molar-refractivity contribution in [2.75, 3.05) is 32.8 Å². The number of morpholine rings is 1. The summed E-state index contributed by atoms with van der Waals surface area (Å²) in [6, 6.07) is 17.5. The van der Waals surface area contributed by atoms with Crippen molar-refractivity contribution in [1.29, 1.82) is 0 Å². The van der Waals surface area contributed by atoms with Gasteiger partial charge in [0.15, 0.2) is 5.78 Å². The van der Waals surface area contributed by atoms with Crippen LogP contribution >= 0.6 is 0 Å². The molecule has 0 aromatic heterocycles. The second kappa shape index (κ2) is 7.53. The molecule has 1 heterocycles. The summed E-state index contributed by atoms with van der Waals surface area (Å²) >= 11 is 0. The Morgan fingerprint density at radius 2 is 1.61 bits per heavy atom. The molecule has 3 rings (SSSR count).